The molecule has 0 aliphatic rings. The summed E-state index contributed by atoms with van der Waals surface area (Å²) in [6.45, 7) is 1.36. The van der Waals surface area contributed by atoms with E-state index >= 15 is 0 Å². The van der Waals surface area contributed by atoms with Gasteiger partial charge in [-0.3, -0.25) is 0 Å². The first-order valence-corrected chi connectivity index (χ1v) is 6.71. The summed E-state index contributed by atoms with van der Waals surface area (Å²) < 4.78 is 13.7. The van der Waals surface area contributed by atoms with Gasteiger partial charge >= 0.3 is 0 Å². The lowest BCUT2D eigenvalue weighted by atomic mass is 10.2. The van der Waals surface area contributed by atoms with E-state index in [1.165, 1.54) is 12.1 Å². The van der Waals surface area contributed by atoms with Crippen LogP contribution in [-0.2, 0) is 13.1 Å². The van der Waals surface area contributed by atoms with Crippen molar-refractivity contribution in [3.05, 3.63) is 68.9 Å². The van der Waals surface area contributed by atoms with Crippen LogP contribution in [0.1, 0.15) is 11.1 Å². The number of rotatable bonds is 4. The SMILES string of the molecule is Fc1ccc(CNCc2cc(Br)ccc2Cl)cc1. The lowest BCUT2D eigenvalue weighted by Crippen LogP contribution is -2.12. The van der Waals surface area contributed by atoms with Crippen molar-refractivity contribution < 1.29 is 4.39 Å². The van der Waals surface area contributed by atoms with Gasteiger partial charge in [0.25, 0.3) is 0 Å². The first kappa shape index (κ1) is 13.5. The Morgan fingerprint density at radius 2 is 1.78 bits per heavy atom. The highest BCUT2D eigenvalue weighted by atomic mass is 79.9. The minimum absolute atomic E-state index is 0.214. The molecule has 0 unspecified atom stereocenters. The van der Waals surface area contributed by atoms with Crippen molar-refractivity contribution in [3.8, 4) is 0 Å². The van der Waals surface area contributed by atoms with E-state index in [4.69, 9.17) is 11.6 Å². The van der Waals surface area contributed by atoms with Crippen LogP contribution in [0.25, 0.3) is 0 Å². The average molecular weight is 329 g/mol. The normalized spacial score (nSPS) is 10.6. The molecule has 94 valence electrons. The first-order chi connectivity index (χ1) is 8.65. The van der Waals surface area contributed by atoms with Crippen molar-refractivity contribution in [2.24, 2.45) is 0 Å². The van der Waals surface area contributed by atoms with Crippen LogP contribution in [0, 0.1) is 5.82 Å². The highest BCUT2D eigenvalue weighted by Crippen LogP contribution is 2.20. The van der Waals surface area contributed by atoms with Crippen LogP contribution < -0.4 is 5.32 Å². The van der Waals surface area contributed by atoms with E-state index in [0.717, 1.165) is 20.6 Å². The molecular formula is C14H12BrClFN. The molecule has 2 aromatic rings. The van der Waals surface area contributed by atoms with Crippen LogP contribution in [0.4, 0.5) is 4.39 Å². The summed E-state index contributed by atoms with van der Waals surface area (Å²) in [5.41, 5.74) is 2.08. The predicted molar refractivity (Wildman–Crippen MR) is 76.1 cm³/mol. The third-order valence-corrected chi connectivity index (χ3v) is 3.43. The van der Waals surface area contributed by atoms with E-state index in [-0.39, 0.29) is 5.82 Å². The van der Waals surface area contributed by atoms with Crippen LogP contribution in [-0.4, -0.2) is 0 Å². The quantitative estimate of drug-likeness (QED) is 0.869. The molecule has 0 radical (unpaired) electrons. The van der Waals surface area contributed by atoms with Crippen molar-refractivity contribution in [1.29, 1.82) is 0 Å². The third-order valence-electron chi connectivity index (χ3n) is 2.57. The van der Waals surface area contributed by atoms with Gasteiger partial charge in [-0.1, -0.05) is 39.7 Å². The zero-order valence-electron chi connectivity index (χ0n) is 9.59. The zero-order chi connectivity index (χ0) is 13.0. The Morgan fingerprint density at radius 1 is 1.06 bits per heavy atom. The Kier molecular flexibility index (Phi) is 4.75. The molecule has 0 bridgehead atoms. The number of benzene rings is 2. The highest BCUT2D eigenvalue weighted by molar-refractivity contribution is 9.10. The summed E-state index contributed by atoms with van der Waals surface area (Å²) in [7, 11) is 0. The summed E-state index contributed by atoms with van der Waals surface area (Å²) in [5, 5.41) is 4.02. The first-order valence-electron chi connectivity index (χ1n) is 5.54. The molecule has 2 rings (SSSR count). The minimum atomic E-state index is -0.214. The molecule has 0 fully saturated rings. The van der Waals surface area contributed by atoms with E-state index in [9.17, 15) is 4.39 Å². The van der Waals surface area contributed by atoms with Gasteiger partial charge in [-0.25, -0.2) is 4.39 Å². The fourth-order valence-corrected chi connectivity index (χ4v) is 2.22. The smallest absolute Gasteiger partial charge is 0.123 e. The van der Waals surface area contributed by atoms with Gasteiger partial charge in [0.2, 0.25) is 0 Å². The standard InChI is InChI=1S/C14H12BrClFN/c15-12-3-6-14(16)11(7-12)9-18-8-10-1-4-13(17)5-2-10/h1-7,18H,8-9H2. The van der Waals surface area contributed by atoms with Crippen LogP contribution in [0.15, 0.2) is 46.9 Å². The zero-order valence-corrected chi connectivity index (χ0v) is 11.9. The number of hydrogen-bond donors (Lipinski definition) is 1. The molecule has 1 N–H and O–H groups in total. The van der Waals surface area contributed by atoms with Gasteiger partial charge in [0, 0.05) is 22.6 Å². The molecule has 18 heavy (non-hydrogen) atoms. The fourth-order valence-electron chi connectivity index (χ4n) is 1.62. The minimum Gasteiger partial charge on any atom is -0.309 e. The molecule has 0 aromatic heterocycles. The second-order valence-corrected chi connectivity index (χ2v) is 5.29. The Bertz CT molecular complexity index is 528. The van der Waals surface area contributed by atoms with Gasteiger partial charge in [0.15, 0.2) is 0 Å². The fraction of sp³-hybridized carbons (Fsp3) is 0.143. The van der Waals surface area contributed by atoms with Gasteiger partial charge < -0.3 is 5.32 Å². The van der Waals surface area contributed by atoms with Crippen molar-refractivity contribution >= 4 is 27.5 Å². The summed E-state index contributed by atoms with van der Waals surface area (Å²) in [6, 6.07) is 12.2. The van der Waals surface area contributed by atoms with E-state index in [1.54, 1.807) is 12.1 Å². The Morgan fingerprint density at radius 3 is 2.50 bits per heavy atom. The van der Waals surface area contributed by atoms with Crippen LogP contribution in [0.2, 0.25) is 5.02 Å². The topological polar surface area (TPSA) is 12.0 Å². The lowest BCUT2D eigenvalue weighted by molar-refractivity contribution is 0.625. The second kappa shape index (κ2) is 6.32. The van der Waals surface area contributed by atoms with Crippen molar-refractivity contribution in [1.82, 2.24) is 5.32 Å². The van der Waals surface area contributed by atoms with E-state index in [1.807, 2.05) is 18.2 Å². The van der Waals surface area contributed by atoms with Gasteiger partial charge in [0.1, 0.15) is 5.82 Å². The highest BCUT2D eigenvalue weighted by Gasteiger charge is 2.01. The van der Waals surface area contributed by atoms with Gasteiger partial charge in [-0.2, -0.15) is 0 Å². The predicted octanol–water partition coefficient (Wildman–Crippen LogP) is 4.53. The lowest BCUT2D eigenvalue weighted by Gasteiger charge is -2.07. The molecule has 0 aliphatic heterocycles. The summed E-state index contributed by atoms with van der Waals surface area (Å²) in [6.07, 6.45) is 0. The van der Waals surface area contributed by atoms with Crippen molar-refractivity contribution in [2.75, 3.05) is 0 Å². The molecule has 0 aliphatic carbocycles. The number of hydrogen-bond acceptors (Lipinski definition) is 1. The molecule has 1 nitrogen and oxygen atoms in total. The van der Waals surface area contributed by atoms with E-state index in [0.29, 0.717) is 13.1 Å². The summed E-state index contributed by atoms with van der Waals surface area (Å²) >= 11 is 9.50. The molecule has 0 atom stereocenters. The maximum Gasteiger partial charge on any atom is 0.123 e. The van der Waals surface area contributed by atoms with Gasteiger partial charge in [-0.15, -0.1) is 0 Å². The summed E-state index contributed by atoms with van der Waals surface area (Å²) in [4.78, 5) is 0. The maximum atomic E-state index is 12.7. The van der Waals surface area contributed by atoms with E-state index in [2.05, 4.69) is 21.2 Å². The van der Waals surface area contributed by atoms with Crippen molar-refractivity contribution in [3.63, 3.8) is 0 Å². The molecule has 4 heteroatoms. The number of halogens is 3. The van der Waals surface area contributed by atoms with E-state index < -0.39 is 0 Å². The molecule has 0 saturated heterocycles. The maximum absolute atomic E-state index is 12.7. The van der Waals surface area contributed by atoms with Crippen LogP contribution in [0.3, 0.4) is 0 Å². The average Bonchev–Trinajstić information content (AvgIpc) is 2.36. The monoisotopic (exact) mass is 327 g/mol. The van der Waals surface area contributed by atoms with Gasteiger partial charge in [-0.05, 0) is 41.5 Å². The molecular weight excluding hydrogens is 317 g/mol. The Labute approximate surface area is 119 Å². The molecule has 0 spiro atoms. The van der Waals surface area contributed by atoms with Gasteiger partial charge in [0.05, 0.1) is 0 Å². The van der Waals surface area contributed by atoms with Crippen LogP contribution in [0.5, 0.6) is 0 Å². The number of nitrogens with one attached hydrogen (secondary N) is 1. The molecule has 0 amide bonds. The summed E-state index contributed by atoms with van der Waals surface area (Å²) in [5.74, 6) is -0.214. The Balaban J connectivity index is 1.92. The second-order valence-electron chi connectivity index (χ2n) is 3.97. The molecule has 2 aromatic carbocycles. The van der Waals surface area contributed by atoms with Crippen molar-refractivity contribution in [2.45, 2.75) is 13.1 Å². The molecule has 0 saturated carbocycles. The van der Waals surface area contributed by atoms with Crippen LogP contribution >= 0.6 is 27.5 Å². The molecule has 0 heterocycles. The Hall–Kier alpha value is -0.900. The largest absolute Gasteiger partial charge is 0.309 e. The third kappa shape index (κ3) is 3.80.